The van der Waals surface area contributed by atoms with Crippen molar-refractivity contribution in [2.24, 2.45) is 5.73 Å². The zero-order valence-corrected chi connectivity index (χ0v) is 19.6. The van der Waals surface area contributed by atoms with Gasteiger partial charge >= 0.3 is 5.69 Å². The van der Waals surface area contributed by atoms with Crippen molar-refractivity contribution in [2.75, 3.05) is 13.2 Å². The fourth-order valence-electron chi connectivity index (χ4n) is 3.76. The molecular weight excluding hydrogens is 446 g/mol. The van der Waals surface area contributed by atoms with E-state index in [1.54, 1.807) is 30.6 Å². The number of ether oxygens (including phenoxy) is 2. The molecule has 0 saturated heterocycles. The molecule has 4 aromatic rings. The lowest BCUT2D eigenvalue weighted by atomic mass is 9.90. The third-order valence-electron chi connectivity index (χ3n) is 5.34. The van der Waals surface area contributed by atoms with E-state index in [9.17, 15) is 4.79 Å². The molecule has 4 rings (SSSR count). The number of nitrogens with two attached hydrogens (primary N) is 1. The standard InChI is InChI=1S/C25H27N7O3/c1-3-34-19-13-18(14-20(15-19)35-4-2)21(12-16-6-8-17(9-7-16)22(26)27)23-30-25(33)32(31-23)24-28-10-5-11-29-24/h5-11,13-15,21H,3-4,12H2,1-2H3,(H3,26,27)(H,30,31,33). The molecule has 0 spiro atoms. The Hall–Kier alpha value is -4.47. The van der Waals surface area contributed by atoms with Gasteiger partial charge < -0.3 is 15.2 Å². The third kappa shape index (κ3) is 5.55. The highest BCUT2D eigenvalue weighted by molar-refractivity contribution is 5.94. The number of H-pyrrole nitrogens is 1. The summed E-state index contributed by atoms with van der Waals surface area (Å²) in [5, 5.41) is 12.2. The molecule has 0 amide bonds. The van der Waals surface area contributed by atoms with Gasteiger partial charge in [0.15, 0.2) is 0 Å². The number of aromatic nitrogens is 5. The zero-order chi connectivity index (χ0) is 24.8. The minimum Gasteiger partial charge on any atom is -0.494 e. The summed E-state index contributed by atoms with van der Waals surface area (Å²) in [6, 6.07) is 14.8. The molecule has 1 unspecified atom stereocenters. The number of hydrogen-bond donors (Lipinski definition) is 3. The Labute approximate surface area is 202 Å². The van der Waals surface area contributed by atoms with Gasteiger partial charge in [0, 0.05) is 29.9 Å². The first kappa shape index (κ1) is 23.7. The molecule has 4 N–H and O–H groups in total. The van der Waals surface area contributed by atoms with E-state index >= 15 is 0 Å². The largest absolute Gasteiger partial charge is 0.494 e. The molecule has 0 bridgehead atoms. The number of aromatic amines is 1. The van der Waals surface area contributed by atoms with Crippen molar-refractivity contribution in [3.05, 3.63) is 93.9 Å². The first-order valence-corrected chi connectivity index (χ1v) is 11.3. The minimum absolute atomic E-state index is 0.00445. The van der Waals surface area contributed by atoms with Crippen LogP contribution in [0.5, 0.6) is 11.5 Å². The highest BCUT2D eigenvalue weighted by Crippen LogP contribution is 2.32. The van der Waals surface area contributed by atoms with Crippen LogP contribution in [0.3, 0.4) is 0 Å². The van der Waals surface area contributed by atoms with Gasteiger partial charge in [-0.25, -0.2) is 14.8 Å². The number of nitrogens with zero attached hydrogens (tertiary/aromatic N) is 4. The molecule has 1 atom stereocenters. The quantitative estimate of drug-likeness (QED) is 0.237. The van der Waals surface area contributed by atoms with Crippen LogP contribution in [0.1, 0.15) is 42.3 Å². The average molecular weight is 474 g/mol. The van der Waals surface area contributed by atoms with Crippen LogP contribution >= 0.6 is 0 Å². The number of amidine groups is 1. The van der Waals surface area contributed by atoms with Crippen LogP contribution in [0.25, 0.3) is 5.95 Å². The summed E-state index contributed by atoms with van der Waals surface area (Å²) in [5.74, 6) is 1.63. The maximum absolute atomic E-state index is 12.8. The number of rotatable bonds is 10. The normalized spacial score (nSPS) is 11.7. The summed E-state index contributed by atoms with van der Waals surface area (Å²) < 4.78 is 12.7. The van der Waals surface area contributed by atoms with Crippen LogP contribution < -0.4 is 20.9 Å². The van der Waals surface area contributed by atoms with Gasteiger partial charge in [0.1, 0.15) is 23.2 Å². The summed E-state index contributed by atoms with van der Waals surface area (Å²) in [4.78, 5) is 23.9. The maximum Gasteiger partial charge on any atom is 0.350 e. The van der Waals surface area contributed by atoms with Gasteiger partial charge in [0.05, 0.1) is 13.2 Å². The van der Waals surface area contributed by atoms with E-state index in [1.807, 2.05) is 44.2 Å². The second-order valence-electron chi connectivity index (χ2n) is 7.75. The smallest absolute Gasteiger partial charge is 0.350 e. The van der Waals surface area contributed by atoms with Gasteiger partial charge in [-0.15, -0.1) is 9.78 Å². The van der Waals surface area contributed by atoms with Gasteiger partial charge in [0.25, 0.3) is 5.95 Å². The van der Waals surface area contributed by atoms with Crippen molar-refractivity contribution in [1.29, 1.82) is 5.41 Å². The molecule has 10 heteroatoms. The van der Waals surface area contributed by atoms with Crippen LogP contribution in [0, 0.1) is 5.41 Å². The molecular formula is C25H27N7O3. The molecule has 0 aliphatic rings. The van der Waals surface area contributed by atoms with E-state index in [0.717, 1.165) is 15.8 Å². The zero-order valence-electron chi connectivity index (χ0n) is 19.6. The topological polar surface area (TPSA) is 145 Å². The van der Waals surface area contributed by atoms with Gasteiger partial charge in [-0.05, 0) is 49.6 Å². The maximum atomic E-state index is 12.8. The lowest BCUT2D eigenvalue weighted by Gasteiger charge is -2.18. The van der Waals surface area contributed by atoms with Crippen LogP contribution in [-0.4, -0.2) is 43.8 Å². The Morgan fingerprint density at radius 2 is 1.69 bits per heavy atom. The van der Waals surface area contributed by atoms with Gasteiger partial charge in [-0.2, -0.15) is 0 Å². The van der Waals surface area contributed by atoms with E-state index < -0.39 is 5.69 Å². The van der Waals surface area contributed by atoms with Gasteiger partial charge in [-0.3, -0.25) is 10.4 Å². The first-order chi connectivity index (χ1) is 17.0. The Balaban J connectivity index is 1.80. The lowest BCUT2D eigenvalue weighted by Crippen LogP contribution is -2.18. The van der Waals surface area contributed by atoms with Crippen molar-refractivity contribution in [3.63, 3.8) is 0 Å². The van der Waals surface area contributed by atoms with Crippen molar-refractivity contribution in [2.45, 2.75) is 26.2 Å². The summed E-state index contributed by atoms with van der Waals surface area (Å²) in [6.07, 6.45) is 3.62. The van der Waals surface area contributed by atoms with Crippen molar-refractivity contribution < 1.29 is 9.47 Å². The van der Waals surface area contributed by atoms with Crippen LogP contribution in [0.15, 0.2) is 65.7 Å². The lowest BCUT2D eigenvalue weighted by molar-refractivity contribution is 0.322. The second-order valence-corrected chi connectivity index (χ2v) is 7.75. The average Bonchev–Trinajstić information content (AvgIpc) is 3.25. The molecule has 2 aromatic heterocycles. The fourth-order valence-corrected chi connectivity index (χ4v) is 3.76. The molecule has 0 fully saturated rings. The summed E-state index contributed by atoms with van der Waals surface area (Å²) >= 11 is 0. The van der Waals surface area contributed by atoms with Crippen LogP contribution in [0.4, 0.5) is 0 Å². The monoisotopic (exact) mass is 473 g/mol. The number of hydrogen-bond acceptors (Lipinski definition) is 7. The Kier molecular flexibility index (Phi) is 7.20. The van der Waals surface area contributed by atoms with Crippen LogP contribution in [0.2, 0.25) is 0 Å². The molecule has 2 heterocycles. The molecule has 35 heavy (non-hydrogen) atoms. The SMILES string of the molecule is CCOc1cc(OCC)cc(C(Cc2ccc(C(=N)N)cc2)c2nn(-c3ncccn3)c(=O)[nH]2)c1. The fraction of sp³-hybridized carbons (Fsp3) is 0.240. The van der Waals surface area contributed by atoms with Gasteiger partial charge in [0.2, 0.25) is 0 Å². The molecule has 0 aliphatic carbocycles. The second kappa shape index (κ2) is 10.6. The molecule has 180 valence electrons. The summed E-state index contributed by atoms with van der Waals surface area (Å²) in [7, 11) is 0. The van der Waals surface area contributed by atoms with E-state index in [4.69, 9.17) is 20.6 Å². The van der Waals surface area contributed by atoms with E-state index in [1.165, 1.54) is 0 Å². The highest BCUT2D eigenvalue weighted by Gasteiger charge is 2.23. The number of benzene rings is 2. The third-order valence-corrected chi connectivity index (χ3v) is 5.34. The minimum atomic E-state index is -0.436. The Morgan fingerprint density at radius 3 is 2.26 bits per heavy atom. The summed E-state index contributed by atoms with van der Waals surface area (Å²) in [6.45, 7) is 4.84. The number of nitrogens with one attached hydrogen (secondary N) is 2. The Morgan fingerprint density at radius 1 is 1.06 bits per heavy atom. The Bertz CT molecular complexity index is 1320. The van der Waals surface area contributed by atoms with Crippen molar-refractivity contribution in [1.82, 2.24) is 24.7 Å². The highest BCUT2D eigenvalue weighted by atomic mass is 16.5. The molecule has 0 radical (unpaired) electrons. The summed E-state index contributed by atoms with van der Waals surface area (Å²) in [5.41, 5.74) is 7.65. The van der Waals surface area contributed by atoms with Crippen molar-refractivity contribution >= 4 is 5.84 Å². The van der Waals surface area contributed by atoms with Crippen LogP contribution in [-0.2, 0) is 6.42 Å². The molecule has 0 saturated carbocycles. The van der Waals surface area contributed by atoms with E-state index in [-0.39, 0.29) is 17.7 Å². The van der Waals surface area contributed by atoms with E-state index in [0.29, 0.717) is 42.5 Å². The molecule has 10 nitrogen and oxygen atoms in total. The predicted molar refractivity (Wildman–Crippen MR) is 132 cm³/mol. The van der Waals surface area contributed by atoms with Gasteiger partial charge in [-0.1, -0.05) is 24.3 Å². The first-order valence-electron chi connectivity index (χ1n) is 11.3. The van der Waals surface area contributed by atoms with Crippen molar-refractivity contribution in [3.8, 4) is 17.4 Å². The number of nitrogen functional groups attached to an aromatic ring is 1. The predicted octanol–water partition coefficient (Wildman–Crippen LogP) is 2.81. The molecule has 0 aliphatic heterocycles. The van der Waals surface area contributed by atoms with E-state index in [2.05, 4.69) is 20.1 Å². The molecule has 2 aromatic carbocycles.